The molecule has 104 valence electrons. The van der Waals surface area contributed by atoms with Crippen LogP contribution in [0.4, 0.5) is 0 Å². The van der Waals surface area contributed by atoms with Crippen molar-refractivity contribution in [2.45, 2.75) is 32.2 Å². The van der Waals surface area contributed by atoms with E-state index in [0.717, 1.165) is 12.2 Å². The van der Waals surface area contributed by atoms with Gasteiger partial charge in [0.1, 0.15) is 6.04 Å². The van der Waals surface area contributed by atoms with Gasteiger partial charge in [-0.25, -0.2) is 0 Å². The van der Waals surface area contributed by atoms with Crippen LogP contribution in [0.15, 0.2) is 12.2 Å². The number of allylic oxidation sites excluding steroid dienone is 1. The SMILES string of the molecule is C=C(C)C(=O)CCCN[C@@H](CCSC)C(=O)OC. The average Bonchev–Trinajstić information content (AvgIpc) is 2.36. The maximum Gasteiger partial charge on any atom is 0.322 e. The highest BCUT2D eigenvalue weighted by Crippen LogP contribution is 2.03. The molecule has 0 aromatic carbocycles. The van der Waals surface area contributed by atoms with Gasteiger partial charge < -0.3 is 10.1 Å². The second-order valence-electron chi connectivity index (χ2n) is 4.12. The topological polar surface area (TPSA) is 55.4 Å². The van der Waals surface area contributed by atoms with Crippen molar-refractivity contribution < 1.29 is 14.3 Å². The van der Waals surface area contributed by atoms with E-state index in [2.05, 4.69) is 11.9 Å². The predicted molar refractivity (Wildman–Crippen MR) is 75.9 cm³/mol. The fourth-order valence-electron chi connectivity index (χ4n) is 1.42. The summed E-state index contributed by atoms with van der Waals surface area (Å²) >= 11 is 1.69. The molecule has 0 unspecified atom stereocenters. The Morgan fingerprint density at radius 3 is 2.61 bits per heavy atom. The van der Waals surface area contributed by atoms with Crippen LogP contribution in [0.25, 0.3) is 0 Å². The van der Waals surface area contributed by atoms with Gasteiger partial charge in [0.25, 0.3) is 0 Å². The molecule has 0 aliphatic carbocycles. The van der Waals surface area contributed by atoms with Gasteiger partial charge in [0.2, 0.25) is 0 Å². The van der Waals surface area contributed by atoms with Crippen LogP contribution in [0.3, 0.4) is 0 Å². The molecule has 0 aromatic rings. The first kappa shape index (κ1) is 17.2. The molecule has 0 rings (SSSR count). The highest BCUT2D eigenvalue weighted by molar-refractivity contribution is 7.98. The number of carbonyl (C=O) groups is 2. The number of methoxy groups -OCH3 is 1. The van der Waals surface area contributed by atoms with E-state index in [1.165, 1.54) is 7.11 Å². The van der Waals surface area contributed by atoms with Gasteiger partial charge in [0.15, 0.2) is 5.78 Å². The first-order valence-electron chi connectivity index (χ1n) is 6.01. The molecule has 1 N–H and O–H groups in total. The van der Waals surface area contributed by atoms with Gasteiger partial charge in [-0.15, -0.1) is 0 Å². The van der Waals surface area contributed by atoms with Crippen molar-refractivity contribution in [2.75, 3.05) is 25.7 Å². The van der Waals surface area contributed by atoms with E-state index in [0.29, 0.717) is 25.0 Å². The van der Waals surface area contributed by atoms with Crippen molar-refractivity contribution in [3.8, 4) is 0 Å². The van der Waals surface area contributed by atoms with Crippen molar-refractivity contribution in [3.05, 3.63) is 12.2 Å². The standard InChI is InChI=1S/C13H23NO3S/c1-10(2)12(15)6-5-8-14-11(7-9-18-4)13(16)17-3/h11,14H,1,5-9H2,2-4H3/t11-/m0/s1. The Morgan fingerprint density at radius 1 is 1.44 bits per heavy atom. The van der Waals surface area contributed by atoms with Crippen LogP contribution in [-0.4, -0.2) is 43.5 Å². The summed E-state index contributed by atoms with van der Waals surface area (Å²) in [6.45, 7) is 5.95. The van der Waals surface area contributed by atoms with E-state index < -0.39 is 0 Å². The summed E-state index contributed by atoms with van der Waals surface area (Å²) in [6.07, 6.45) is 3.92. The quantitative estimate of drug-likeness (QED) is 0.374. The largest absolute Gasteiger partial charge is 0.468 e. The Kier molecular flexibility index (Phi) is 9.69. The molecule has 0 fully saturated rings. The second kappa shape index (κ2) is 10.1. The van der Waals surface area contributed by atoms with Crippen molar-refractivity contribution in [3.63, 3.8) is 0 Å². The van der Waals surface area contributed by atoms with Crippen LogP contribution >= 0.6 is 11.8 Å². The Balaban J connectivity index is 3.92. The summed E-state index contributed by atoms with van der Waals surface area (Å²) in [5, 5.41) is 3.13. The second-order valence-corrected chi connectivity index (χ2v) is 5.10. The Morgan fingerprint density at radius 2 is 2.11 bits per heavy atom. The van der Waals surface area contributed by atoms with Gasteiger partial charge in [-0.2, -0.15) is 11.8 Å². The molecule has 4 nitrogen and oxygen atoms in total. The molecule has 0 radical (unpaired) electrons. The normalized spacial score (nSPS) is 11.9. The van der Waals surface area contributed by atoms with E-state index in [1.54, 1.807) is 18.7 Å². The highest BCUT2D eigenvalue weighted by Gasteiger charge is 2.17. The van der Waals surface area contributed by atoms with Crippen molar-refractivity contribution >= 4 is 23.5 Å². The Labute approximate surface area is 114 Å². The number of nitrogens with one attached hydrogen (secondary N) is 1. The zero-order valence-electron chi connectivity index (χ0n) is 11.5. The van der Waals surface area contributed by atoms with E-state index >= 15 is 0 Å². The van der Waals surface area contributed by atoms with Crippen LogP contribution < -0.4 is 5.32 Å². The maximum absolute atomic E-state index is 11.5. The molecule has 1 atom stereocenters. The minimum Gasteiger partial charge on any atom is -0.468 e. The summed E-state index contributed by atoms with van der Waals surface area (Å²) in [6, 6.07) is -0.276. The number of hydrogen-bond acceptors (Lipinski definition) is 5. The van der Waals surface area contributed by atoms with Crippen molar-refractivity contribution in [1.82, 2.24) is 5.32 Å². The van der Waals surface area contributed by atoms with Gasteiger partial charge in [-0.3, -0.25) is 9.59 Å². The minimum absolute atomic E-state index is 0.0792. The van der Waals surface area contributed by atoms with Gasteiger partial charge in [-0.05, 0) is 43.9 Å². The number of carbonyl (C=O) groups excluding carboxylic acids is 2. The fourth-order valence-corrected chi connectivity index (χ4v) is 1.89. The first-order chi connectivity index (χ1) is 8.52. The van der Waals surface area contributed by atoms with Gasteiger partial charge in [0.05, 0.1) is 7.11 Å². The van der Waals surface area contributed by atoms with Crippen molar-refractivity contribution in [2.24, 2.45) is 0 Å². The number of hydrogen-bond donors (Lipinski definition) is 1. The minimum atomic E-state index is -0.276. The van der Waals surface area contributed by atoms with Crippen LogP contribution in [0.5, 0.6) is 0 Å². The molecule has 0 amide bonds. The third-order valence-corrected chi connectivity index (χ3v) is 3.19. The summed E-state index contributed by atoms with van der Waals surface area (Å²) in [5.41, 5.74) is 0.585. The molecule has 0 heterocycles. The Bertz CT molecular complexity index is 292. The monoisotopic (exact) mass is 273 g/mol. The molecule has 0 saturated carbocycles. The predicted octanol–water partition coefficient (Wildman–Crippen LogP) is 1.80. The van der Waals surface area contributed by atoms with Crippen molar-refractivity contribution in [1.29, 1.82) is 0 Å². The number of ether oxygens (including phenoxy) is 1. The number of esters is 1. The van der Waals surface area contributed by atoms with Gasteiger partial charge in [0, 0.05) is 6.42 Å². The van der Waals surface area contributed by atoms with Gasteiger partial charge >= 0.3 is 5.97 Å². The maximum atomic E-state index is 11.5. The molecule has 0 bridgehead atoms. The van der Waals surface area contributed by atoms with Crippen LogP contribution in [-0.2, 0) is 14.3 Å². The molecule has 18 heavy (non-hydrogen) atoms. The third-order valence-electron chi connectivity index (χ3n) is 2.54. The highest BCUT2D eigenvalue weighted by atomic mass is 32.2. The summed E-state index contributed by atoms with van der Waals surface area (Å²) in [4.78, 5) is 22.8. The molecule has 0 aromatic heterocycles. The van der Waals surface area contributed by atoms with E-state index in [9.17, 15) is 9.59 Å². The molecular formula is C13H23NO3S. The molecule has 0 saturated heterocycles. The Hall–Kier alpha value is -0.810. The lowest BCUT2D eigenvalue weighted by Gasteiger charge is -2.15. The van der Waals surface area contributed by atoms with Gasteiger partial charge in [-0.1, -0.05) is 6.58 Å². The van der Waals surface area contributed by atoms with Crippen LogP contribution in [0.1, 0.15) is 26.2 Å². The zero-order valence-corrected chi connectivity index (χ0v) is 12.3. The lowest BCUT2D eigenvalue weighted by Crippen LogP contribution is -2.38. The van der Waals surface area contributed by atoms with E-state index in [1.807, 2.05) is 6.26 Å². The summed E-state index contributed by atoms with van der Waals surface area (Å²) < 4.78 is 4.73. The molecule has 0 spiro atoms. The zero-order chi connectivity index (χ0) is 14.0. The van der Waals surface area contributed by atoms with E-state index in [4.69, 9.17) is 4.74 Å². The lowest BCUT2D eigenvalue weighted by atomic mass is 10.1. The smallest absolute Gasteiger partial charge is 0.322 e. The molecule has 0 aliphatic heterocycles. The third kappa shape index (κ3) is 7.50. The summed E-state index contributed by atoms with van der Waals surface area (Å²) in [5.74, 6) is 0.739. The van der Waals surface area contributed by atoms with Crippen LogP contribution in [0.2, 0.25) is 0 Å². The number of ketones is 1. The number of Topliss-reactive ketones (excluding diaryl/α,β-unsaturated/α-hetero) is 1. The fraction of sp³-hybridized carbons (Fsp3) is 0.692. The lowest BCUT2D eigenvalue weighted by molar-refractivity contribution is -0.143. The van der Waals surface area contributed by atoms with Crippen LogP contribution in [0, 0.1) is 0 Å². The molecular weight excluding hydrogens is 250 g/mol. The molecule has 5 heteroatoms. The first-order valence-corrected chi connectivity index (χ1v) is 7.41. The molecule has 0 aliphatic rings. The van der Waals surface area contributed by atoms with E-state index in [-0.39, 0.29) is 17.8 Å². The average molecular weight is 273 g/mol. The number of thioether (sulfide) groups is 1. The summed E-state index contributed by atoms with van der Waals surface area (Å²) in [7, 11) is 1.39. The number of rotatable bonds is 10.